The Balaban J connectivity index is 0.000000235. The monoisotopic (exact) mass is 848 g/mol. The molecule has 2 fully saturated rings. The molecule has 2 saturated heterocycles. The molecule has 2 aliphatic rings. The number of piperidine rings is 2. The summed E-state index contributed by atoms with van der Waals surface area (Å²) in [5.74, 6) is 2.40. The molecule has 332 valence electrons. The van der Waals surface area contributed by atoms with Crippen LogP contribution in [0.4, 0.5) is 11.4 Å². The second-order valence-electron chi connectivity index (χ2n) is 16.0. The molecule has 0 spiro atoms. The lowest BCUT2D eigenvalue weighted by Crippen LogP contribution is -2.38. The maximum Gasteiger partial charge on any atom is 0.253 e. The van der Waals surface area contributed by atoms with Gasteiger partial charge in [0.2, 0.25) is 11.8 Å². The number of hydrogen-bond donors (Lipinski definition) is 2. The van der Waals surface area contributed by atoms with E-state index in [0.717, 1.165) is 79.9 Å². The third kappa shape index (κ3) is 13.6. The Hall–Kier alpha value is -5.72. The Kier molecular flexibility index (Phi) is 18.4. The van der Waals surface area contributed by atoms with Crippen molar-refractivity contribution in [2.45, 2.75) is 77.6 Å². The first-order chi connectivity index (χ1) is 30.0. The molecule has 0 radical (unpaired) electrons. The van der Waals surface area contributed by atoms with Crippen molar-refractivity contribution in [2.24, 2.45) is 0 Å². The third-order valence-corrected chi connectivity index (χ3v) is 11.7. The van der Waals surface area contributed by atoms with Gasteiger partial charge >= 0.3 is 0 Å². The topological polar surface area (TPSA) is 136 Å². The van der Waals surface area contributed by atoms with Gasteiger partial charge in [0.1, 0.15) is 18.1 Å². The molecule has 2 heterocycles. The van der Waals surface area contributed by atoms with Crippen LogP contribution in [0.3, 0.4) is 0 Å². The number of benzene rings is 4. The number of ether oxygens (including phenoxy) is 4. The first-order valence-corrected chi connectivity index (χ1v) is 21.8. The van der Waals surface area contributed by atoms with Crippen LogP contribution in [0.25, 0.3) is 0 Å². The van der Waals surface area contributed by atoms with Crippen molar-refractivity contribution in [3.05, 3.63) is 118 Å². The quantitative estimate of drug-likeness (QED) is 0.107. The van der Waals surface area contributed by atoms with Crippen LogP contribution in [0.15, 0.2) is 84.9 Å². The Bertz CT molecular complexity index is 2070. The van der Waals surface area contributed by atoms with Crippen molar-refractivity contribution in [3.8, 4) is 11.5 Å². The van der Waals surface area contributed by atoms with Gasteiger partial charge in [0, 0.05) is 62.2 Å². The Labute approximate surface area is 367 Å². The highest BCUT2D eigenvalue weighted by atomic mass is 16.5. The molecule has 0 aliphatic carbocycles. The molecule has 12 nitrogen and oxygen atoms in total. The molecule has 6 rings (SSSR count). The van der Waals surface area contributed by atoms with Gasteiger partial charge in [-0.3, -0.25) is 19.2 Å². The highest BCUT2D eigenvalue weighted by Crippen LogP contribution is 2.32. The predicted molar refractivity (Wildman–Crippen MR) is 244 cm³/mol. The second-order valence-corrected chi connectivity index (χ2v) is 16.0. The Morgan fingerprint density at radius 1 is 0.597 bits per heavy atom. The maximum atomic E-state index is 13.1. The predicted octanol–water partition coefficient (Wildman–Crippen LogP) is 8.78. The lowest BCUT2D eigenvalue weighted by atomic mass is 9.89. The molecule has 0 saturated carbocycles. The summed E-state index contributed by atoms with van der Waals surface area (Å²) in [5.41, 5.74) is 7.02. The summed E-state index contributed by atoms with van der Waals surface area (Å²) in [6.07, 6.45) is 6.10. The van der Waals surface area contributed by atoms with E-state index in [1.54, 1.807) is 27.4 Å². The Morgan fingerprint density at radius 2 is 1.03 bits per heavy atom. The van der Waals surface area contributed by atoms with Crippen LogP contribution < -0.4 is 20.1 Å². The van der Waals surface area contributed by atoms with E-state index < -0.39 is 0 Å². The molecule has 0 bridgehead atoms. The smallest absolute Gasteiger partial charge is 0.253 e. The van der Waals surface area contributed by atoms with Gasteiger partial charge in [-0.1, -0.05) is 49.7 Å². The van der Waals surface area contributed by atoms with E-state index in [1.807, 2.05) is 78.2 Å². The summed E-state index contributed by atoms with van der Waals surface area (Å²) in [6, 6.07) is 27.4. The van der Waals surface area contributed by atoms with Crippen LogP contribution in [0.2, 0.25) is 0 Å². The number of amides is 4. The SMILES string of the molecule is CCCCC(=O)Nc1cc(C(=O)N2CCC(c3ccc(OC)cc3)CC2)ccc1C.COCCOCC(=O)Nc1cc(C(=O)N2CCC(c3ccc(OC)cc3)CC2)ccc1C. The van der Waals surface area contributed by atoms with Crippen LogP contribution in [-0.4, -0.2) is 101 Å². The summed E-state index contributed by atoms with van der Waals surface area (Å²) < 4.78 is 20.6. The number of aryl methyl sites for hydroxylation is 2. The zero-order valence-electron chi connectivity index (χ0n) is 37.3. The summed E-state index contributed by atoms with van der Waals surface area (Å²) in [5, 5.41) is 5.80. The largest absolute Gasteiger partial charge is 0.497 e. The minimum atomic E-state index is -0.255. The van der Waals surface area contributed by atoms with E-state index in [-0.39, 0.29) is 30.2 Å². The van der Waals surface area contributed by atoms with Gasteiger partial charge in [0.25, 0.3) is 11.8 Å². The van der Waals surface area contributed by atoms with Gasteiger partial charge in [-0.15, -0.1) is 0 Å². The molecule has 4 amide bonds. The van der Waals surface area contributed by atoms with E-state index in [0.29, 0.717) is 61.4 Å². The zero-order chi connectivity index (χ0) is 44.4. The van der Waals surface area contributed by atoms with E-state index >= 15 is 0 Å². The number of hydrogen-bond acceptors (Lipinski definition) is 8. The van der Waals surface area contributed by atoms with Crippen molar-refractivity contribution in [3.63, 3.8) is 0 Å². The zero-order valence-corrected chi connectivity index (χ0v) is 37.3. The standard InChI is InChI=1S/C25H32N2O5.C25H32N2O3/c1-18-4-5-21(16-23(18)26-24(28)17-32-15-14-30-2)25(29)27-12-10-20(11-13-27)19-6-8-22(31-3)9-7-19;1-4-5-6-24(28)26-23-17-21(8-7-18(23)2)25(29)27-15-13-20(14-16-27)19-9-11-22(30-3)12-10-19/h4-9,16,20H,10-15,17H2,1-3H3,(H,26,28);7-12,17,20H,4-6,13-16H2,1-3H3,(H,26,28). The summed E-state index contributed by atoms with van der Waals surface area (Å²) in [6.45, 7) is 9.54. The van der Waals surface area contributed by atoms with Crippen molar-refractivity contribution in [2.75, 3.05) is 78.0 Å². The van der Waals surface area contributed by atoms with Crippen LogP contribution in [0, 0.1) is 13.8 Å². The van der Waals surface area contributed by atoms with Crippen LogP contribution in [0.1, 0.15) is 107 Å². The number of likely N-dealkylation sites (tertiary alicyclic amines) is 2. The number of carbonyl (C=O) groups excluding carboxylic acids is 4. The summed E-state index contributed by atoms with van der Waals surface area (Å²) in [4.78, 5) is 54.2. The number of nitrogens with zero attached hydrogens (tertiary/aromatic N) is 2. The molecular formula is C50H64N4O8. The van der Waals surface area contributed by atoms with Crippen LogP contribution in [-0.2, 0) is 19.1 Å². The van der Waals surface area contributed by atoms with Crippen molar-refractivity contribution in [1.29, 1.82) is 0 Å². The fourth-order valence-electron chi connectivity index (χ4n) is 7.77. The van der Waals surface area contributed by atoms with Gasteiger partial charge in [-0.2, -0.15) is 0 Å². The number of unbranched alkanes of at least 4 members (excludes halogenated alkanes) is 1. The molecule has 62 heavy (non-hydrogen) atoms. The normalized spacial score (nSPS) is 14.4. The number of carbonyl (C=O) groups is 4. The molecule has 12 heteroatoms. The van der Waals surface area contributed by atoms with Gasteiger partial charge in [0.05, 0.1) is 27.4 Å². The summed E-state index contributed by atoms with van der Waals surface area (Å²) >= 11 is 0. The van der Waals surface area contributed by atoms with E-state index in [4.69, 9.17) is 18.9 Å². The van der Waals surface area contributed by atoms with Gasteiger partial charge in [0.15, 0.2) is 0 Å². The molecule has 2 aliphatic heterocycles. The third-order valence-electron chi connectivity index (χ3n) is 11.7. The number of nitrogens with one attached hydrogen (secondary N) is 2. The average Bonchev–Trinajstić information content (AvgIpc) is 3.31. The van der Waals surface area contributed by atoms with Gasteiger partial charge in [-0.25, -0.2) is 0 Å². The molecule has 4 aromatic rings. The molecule has 2 N–H and O–H groups in total. The van der Waals surface area contributed by atoms with Gasteiger partial charge < -0.3 is 39.4 Å². The molecule has 0 aromatic heterocycles. The van der Waals surface area contributed by atoms with Crippen molar-refractivity contribution < 1.29 is 38.1 Å². The minimum absolute atomic E-state index is 0.00450. The van der Waals surface area contributed by atoms with E-state index in [9.17, 15) is 19.2 Å². The highest BCUT2D eigenvalue weighted by molar-refractivity contribution is 5.99. The molecule has 4 aromatic carbocycles. The lowest BCUT2D eigenvalue weighted by molar-refractivity contribution is -0.121. The maximum absolute atomic E-state index is 13.1. The lowest BCUT2D eigenvalue weighted by Gasteiger charge is -2.32. The molecular weight excluding hydrogens is 785 g/mol. The Morgan fingerprint density at radius 3 is 1.44 bits per heavy atom. The first-order valence-electron chi connectivity index (χ1n) is 21.8. The minimum Gasteiger partial charge on any atom is -0.497 e. The van der Waals surface area contributed by atoms with Gasteiger partial charge in [-0.05, 0) is 129 Å². The number of anilines is 2. The van der Waals surface area contributed by atoms with E-state index in [1.165, 1.54) is 11.1 Å². The van der Waals surface area contributed by atoms with Crippen molar-refractivity contribution >= 4 is 35.0 Å². The fourth-order valence-corrected chi connectivity index (χ4v) is 7.77. The number of rotatable bonds is 16. The fraction of sp³-hybridized carbons (Fsp3) is 0.440. The second kappa shape index (κ2) is 24.1. The van der Waals surface area contributed by atoms with Crippen LogP contribution >= 0.6 is 0 Å². The average molecular weight is 849 g/mol. The first kappa shape index (κ1) is 47.3. The van der Waals surface area contributed by atoms with Crippen LogP contribution in [0.5, 0.6) is 11.5 Å². The summed E-state index contributed by atoms with van der Waals surface area (Å²) in [7, 11) is 4.92. The molecule has 0 atom stereocenters. The van der Waals surface area contributed by atoms with Crippen molar-refractivity contribution in [1.82, 2.24) is 9.80 Å². The van der Waals surface area contributed by atoms with E-state index in [2.05, 4.69) is 41.8 Å². The molecule has 0 unspecified atom stereocenters. The highest BCUT2D eigenvalue weighted by Gasteiger charge is 2.27. The number of methoxy groups -OCH3 is 3.